The molecule has 1 aromatic carbocycles. The minimum absolute atomic E-state index is 0.154. The number of benzene rings is 1. The fourth-order valence-corrected chi connectivity index (χ4v) is 2.28. The summed E-state index contributed by atoms with van der Waals surface area (Å²) in [5.74, 6) is -0.154. The van der Waals surface area contributed by atoms with E-state index in [1.54, 1.807) is 16.8 Å². The molecule has 0 saturated carbocycles. The number of nitrogens with zero attached hydrogens (tertiary/aromatic N) is 1. The van der Waals surface area contributed by atoms with Crippen LogP contribution < -0.4 is 5.43 Å². The molecular formula is C11H10N2OS2. The zero-order valence-corrected chi connectivity index (χ0v) is 10.3. The van der Waals surface area contributed by atoms with Crippen LogP contribution in [0.2, 0.25) is 0 Å². The number of carbonyl (C=O) groups is 1. The number of rotatable bonds is 2. The van der Waals surface area contributed by atoms with Gasteiger partial charge >= 0.3 is 0 Å². The average Bonchev–Trinajstić information content (AvgIpc) is 2.62. The van der Waals surface area contributed by atoms with Gasteiger partial charge in [0.05, 0.1) is 0 Å². The Bertz CT molecular complexity index is 557. The fraction of sp³-hybridized carbons (Fsp3) is 0.0909. The number of hydrogen-bond acceptors (Lipinski definition) is 3. The summed E-state index contributed by atoms with van der Waals surface area (Å²) in [5.41, 5.74) is 4.31. The first kappa shape index (κ1) is 11.0. The maximum absolute atomic E-state index is 11.8. The summed E-state index contributed by atoms with van der Waals surface area (Å²) in [6.07, 6.45) is 0. The maximum Gasteiger partial charge on any atom is 0.270 e. The van der Waals surface area contributed by atoms with Gasteiger partial charge in [0.1, 0.15) is 0 Å². The molecule has 1 aromatic heterocycles. The number of aromatic nitrogens is 1. The van der Waals surface area contributed by atoms with Crippen molar-refractivity contribution in [3.63, 3.8) is 0 Å². The van der Waals surface area contributed by atoms with E-state index < -0.39 is 0 Å². The molecule has 0 saturated heterocycles. The van der Waals surface area contributed by atoms with E-state index in [1.165, 1.54) is 11.3 Å². The van der Waals surface area contributed by atoms with Crippen molar-refractivity contribution >= 4 is 29.5 Å². The number of hydrogen-bond donors (Lipinski definition) is 1. The molecule has 82 valence electrons. The van der Waals surface area contributed by atoms with Crippen LogP contribution in [0.3, 0.4) is 0 Å². The molecule has 2 aromatic rings. The van der Waals surface area contributed by atoms with Gasteiger partial charge in [-0.2, -0.15) is 0 Å². The Labute approximate surface area is 102 Å². The number of thiazole rings is 1. The molecule has 0 fully saturated rings. The summed E-state index contributed by atoms with van der Waals surface area (Å²) in [5, 5.41) is 1.91. The van der Waals surface area contributed by atoms with Crippen molar-refractivity contribution in [3.05, 3.63) is 50.9 Å². The zero-order chi connectivity index (χ0) is 11.5. The molecule has 16 heavy (non-hydrogen) atoms. The first-order valence-corrected chi connectivity index (χ1v) is 6.01. The van der Waals surface area contributed by atoms with Crippen LogP contribution >= 0.6 is 23.6 Å². The molecule has 0 aliphatic heterocycles. The Morgan fingerprint density at radius 2 is 2.06 bits per heavy atom. The minimum Gasteiger partial charge on any atom is -0.267 e. The maximum atomic E-state index is 11.8. The van der Waals surface area contributed by atoms with Crippen molar-refractivity contribution in [3.8, 4) is 0 Å². The molecule has 3 nitrogen and oxygen atoms in total. The largest absolute Gasteiger partial charge is 0.270 e. The lowest BCUT2D eigenvalue weighted by molar-refractivity contribution is 0.101. The van der Waals surface area contributed by atoms with Crippen LogP contribution in [0.15, 0.2) is 35.7 Å². The van der Waals surface area contributed by atoms with E-state index in [4.69, 9.17) is 12.2 Å². The molecule has 2 rings (SSSR count). The highest BCUT2D eigenvalue weighted by Gasteiger charge is 2.06. The second kappa shape index (κ2) is 4.59. The topological polar surface area (TPSA) is 34.0 Å². The molecule has 1 heterocycles. The van der Waals surface area contributed by atoms with Gasteiger partial charge in [-0.3, -0.25) is 10.2 Å². The molecule has 1 N–H and O–H groups in total. The van der Waals surface area contributed by atoms with Crippen molar-refractivity contribution in [1.82, 2.24) is 4.68 Å². The molecule has 0 spiro atoms. The van der Waals surface area contributed by atoms with E-state index >= 15 is 0 Å². The molecule has 1 amide bonds. The van der Waals surface area contributed by atoms with E-state index in [-0.39, 0.29) is 5.91 Å². The molecular weight excluding hydrogens is 240 g/mol. The van der Waals surface area contributed by atoms with Crippen molar-refractivity contribution < 1.29 is 4.79 Å². The Kier molecular flexibility index (Phi) is 3.17. The molecule has 0 aliphatic rings. The number of aryl methyl sites for hydroxylation is 1. The predicted molar refractivity (Wildman–Crippen MR) is 68.0 cm³/mol. The lowest BCUT2D eigenvalue weighted by Crippen LogP contribution is -2.23. The SMILES string of the molecule is Cc1csc(=S)n1NC(=O)c1ccccc1. The second-order valence-electron chi connectivity index (χ2n) is 3.29. The monoisotopic (exact) mass is 250 g/mol. The highest BCUT2D eigenvalue weighted by molar-refractivity contribution is 7.73. The second-order valence-corrected chi connectivity index (χ2v) is 4.79. The molecule has 0 bridgehead atoms. The number of nitrogens with one attached hydrogen (secondary N) is 1. The lowest BCUT2D eigenvalue weighted by Gasteiger charge is -2.07. The van der Waals surface area contributed by atoms with E-state index in [1.807, 2.05) is 30.5 Å². The molecule has 0 aliphatic carbocycles. The van der Waals surface area contributed by atoms with Gasteiger partial charge in [-0.1, -0.05) is 18.2 Å². The van der Waals surface area contributed by atoms with Crippen LogP contribution in [0.25, 0.3) is 0 Å². The predicted octanol–water partition coefficient (Wildman–Crippen LogP) is 2.97. The van der Waals surface area contributed by atoms with Crippen molar-refractivity contribution in [2.24, 2.45) is 0 Å². The summed E-state index contributed by atoms with van der Waals surface area (Å²) < 4.78 is 2.26. The first-order valence-electron chi connectivity index (χ1n) is 4.72. The number of carbonyl (C=O) groups excluding carboxylic acids is 1. The fourth-order valence-electron chi connectivity index (χ4n) is 1.27. The molecule has 0 radical (unpaired) electrons. The van der Waals surface area contributed by atoms with Crippen molar-refractivity contribution in [2.75, 3.05) is 5.43 Å². The van der Waals surface area contributed by atoms with E-state index in [9.17, 15) is 4.79 Å². The van der Waals surface area contributed by atoms with Crippen molar-refractivity contribution in [1.29, 1.82) is 0 Å². The Hall–Kier alpha value is -1.46. The third kappa shape index (κ3) is 2.20. The zero-order valence-electron chi connectivity index (χ0n) is 8.64. The smallest absolute Gasteiger partial charge is 0.267 e. The van der Waals surface area contributed by atoms with Crippen LogP contribution in [0.1, 0.15) is 16.1 Å². The quantitative estimate of drug-likeness (QED) is 0.831. The third-order valence-electron chi connectivity index (χ3n) is 2.11. The summed E-state index contributed by atoms with van der Waals surface area (Å²) in [4.78, 5) is 11.8. The highest BCUT2D eigenvalue weighted by atomic mass is 32.1. The van der Waals surface area contributed by atoms with Crippen LogP contribution in [0, 0.1) is 10.9 Å². The van der Waals surface area contributed by atoms with Crippen LogP contribution in [-0.4, -0.2) is 10.6 Å². The van der Waals surface area contributed by atoms with Gasteiger partial charge in [-0.25, -0.2) is 4.68 Å². The normalized spacial score (nSPS) is 10.1. The van der Waals surface area contributed by atoms with E-state index in [0.717, 1.165) is 5.69 Å². The average molecular weight is 250 g/mol. The van der Waals surface area contributed by atoms with E-state index in [0.29, 0.717) is 9.52 Å². The van der Waals surface area contributed by atoms with Gasteiger partial charge < -0.3 is 0 Å². The van der Waals surface area contributed by atoms with E-state index in [2.05, 4.69) is 5.43 Å². The Balaban J connectivity index is 2.24. The first-order chi connectivity index (χ1) is 7.68. The Morgan fingerprint density at radius 1 is 1.38 bits per heavy atom. The van der Waals surface area contributed by atoms with Gasteiger partial charge in [-0.05, 0) is 31.3 Å². The van der Waals surface area contributed by atoms with Gasteiger partial charge in [0.2, 0.25) is 0 Å². The number of amides is 1. The highest BCUT2D eigenvalue weighted by Crippen LogP contribution is 2.08. The Morgan fingerprint density at radius 3 is 2.62 bits per heavy atom. The molecule has 5 heteroatoms. The minimum atomic E-state index is -0.154. The van der Waals surface area contributed by atoms with Crippen LogP contribution in [0.4, 0.5) is 0 Å². The van der Waals surface area contributed by atoms with Gasteiger partial charge in [0.25, 0.3) is 5.91 Å². The van der Waals surface area contributed by atoms with Gasteiger partial charge in [0.15, 0.2) is 3.95 Å². The van der Waals surface area contributed by atoms with Gasteiger partial charge in [-0.15, -0.1) is 11.3 Å². The molecule has 0 atom stereocenters. The van der Waals surface area contributed by atoms with Crippen molar-refractivity contribution in [2.45, 2.75) is 6.92 Å². The van der Waals surface area contributed by atoms with Gasteiger partial charge in [0, 0.05) is 16.6 Å². The summed E-state index contributed by atoms with van der Waals surface area (Å²) >= 11 is 6.54. The lowest BCUT2D eigenvalue weighted by atomic mass is 10.2. The molecule has 0 unspecified atom stereocenters. The third-order valence-corrected chi connectivity index (χ3v) is 3.43. The summed E-state index contributed by atoms with van der Waals surface area (Å²) in [6, 6.07) is 9.06. The standard InChI is InChI=1S/C11H10N2OS2/c1-8-7-16-11(15)13(8)12-10(14)9-5-3-2-4-6-9/h2-7H,1H3,(H,12,14). The summed E-state index contributed by atoms with van der Waals surface area (Å²) in [6.45, 7) is 1.90. The van der Waals surface area contributed by atoms with Crippen LogP contribution in [0.5, 0.6) is 0 Å². The van der Waals surface area contributed by atoms with Crippen LogP contribution in [-0.2, 0) is 0 Å². The summed E-state index contributed by atoms with van der Waals surface area (Å²) in [7, 11) is 0.